The smallest absolute Gasteiger partial charge is 0.321 e. The van der Waals surface area contributed by atoms with E-state index in [4.69, 9.17) is 27.9 Å². The van der Waals surface area contributed by atoms with Crippen LogP contribution in [-0.4, -0.2) is 22.1 Å². The molecular weight excluding hydrogens is 447 g/mol. The van der Waals surface area contributed by atoms with Crippen molar-refractivity contribution >= 4 is 40.1 Å². The van der Waals surface area contributed by atoms with Crippen molar-refractivity contribution < 1.29 is 14.6 Å². The fraction of sp³-hybridized carbons (Fsp3) is 0.160. The van der Waals surface area contributed by atoms with E-state index in [1.54, 1.807) is 12.1 Å². The Kier molecular flexibility index (Phi) is 7.00. The van der Waals surface area contributed by atoms with Crippen molar-refractivity contribution in [1.82, 2.24) is 10.3 Å². The number of ether oxygens (including phenoxy) is 1. The molecule has 4 rings (SSSR count). The van der Waals surface area contributed by atoms with E-state index in [1.807, 2.05) is 60.8 Å². The summed E-state index contributed by atoms with van der Waals surface area (Å²) < 4.78 is 5.87. The first-order valence-corrected chi connectivity index (χ1v) is 10.9. The highest BCUT2D eigenvalue weighted by atomic mass is 35.5. The van der Waals surface area contributed by atoms with Crippen molar-refractivity contribution in [3.8, 4) is 5.75 Å². The molecule has 0 bridgehead atoms. The lowest BCUT2D eigenvalue weighted by Gasteiger charge is -2.15. The molecule has 1 atom stereocenters. The minimum absolute atomic E-state index is 0.311. The van der Waals surface area contributed by atoms with Gasteiger partial charge in [0.25, 0.3) is 0 Å². The molecule has 4 aromatic rings. The number of carbonyl (C=O) groups is 1. The summed E-state index contributed by atoms with van der Waals surface area (Å²) in [5, 5.41) is 15.0. The van der Waals surface area contributed by atoms with Crippen LogP contribution < -0.4 is 10.1 Å². The number of fused-ring (bicyclic) bond motifs is 1. The van der Waals surface area contributed by atoms with Crippen LogP contribution in [0.2, 0.25) is 10.0 Å². The molecule has 3 aromatic carbocycles. The summed E-state index contributed by atoms with van der Waals surface area (Å²) in [4.78, 5) is 15.0. The molecule has 1 aromatic heterocycles. The van der Waals surface area contributed by atoms with Crippen molar-refractivity contribution in [2.45, 2.75) is 25.6 Å². The predicted molar refractivity (Wildman–Crippen MR) is 128 cm³/mol. The molecule has 7 heteroatoms. The molecule has 3 N–H and O–H groups in total. The molecule has 0 radical (unpaired) electrons. The van der Waals surface area contributed by atoms with E-state index in [9.17, 15) is 9.90 Å². The van der Waals surface area contributed by atoms with Crippen molar-refractivity contribution in [3.63, 3.8) is 0 Å². The lowest BCUT2D eigenvalue weighted by atomic mass is 10.0. The van der Waals surface area contributed by atoms with E-state index in [2.05, 4.69) is 10.3 Å². The highest BCUT2D eigenvalue weighted by Crippen LogP contribution is 2.23. The molecule has 0 spiro atoms. The Bertz CT molecular complexity index is 1240. The van der Waals surface area contributed by atoms with Gasteiger partial charge < -0.3 is 20.1 Å². The summed E-state index contributed by atoms with van der Waals surface area (Å²) in [5.74, 6) is -0.209. The summed E-state index contributed by atoms with van der Waals surface area (Å²) in [6.07, 6.45) is 2.25. The second-order valence-electron chi connectivity index (χ2n) is 7.51. The molecule has 0 saturated carbocycles. The van der Waals surface area contributed by atoms with Crippen LogP contribution in [0.4, 0.5) is 0 Å². The molecule has 0 aliphatic heterocycles. The predicted octanol–water partition coefficient (Wildman–Crippen LogP) is 5.84. The van der Waals surface area contributed by atoms with Gasteiger partial charge in [0.05, 0.1) is 0 Å². The Hall–Kier alpha value is -2.99. The van der Waals surface area contributed by atoms with Crippen LogP contribution >= 0.6 is 23.2 Å². The van der Waals surface area contributed by atoms with E-state index >= 15 is 0 Å². The summed E-state index contributed by atoms with van der Waals surface area (Å²) in [6, 6.07) is 20.0. The van der Waals surface area contributed by atoms with Gasteiger partial charge in [-0.15, -0.1) is 0 Å². The Morgan fingerprint density at radius 3 is 2.69 bits per heavy atom. The highest BCUT2D eigenvalue weighted by molar-refractivity contribution is 6.35. The average molecular weight is 469 g/mol. The first-order chi connectivity index (χ1) is 15.5. The molecule has 5 nitrogen and oxygen atoms in total. The van der Waals surface area contributed by atoms with Gasteiger partial charge in [-0.25, -0.2) is 0 Å². The van der Waals surface area contributed by atoms with Crippen LogP contribution in [0.5, 0.6) is 5.75 Å². The molecule has 0 aliphatic rings. The van der Waals surface area contributed by atoms with E-state index < -0.39 is 12.0 Å². The molecule has 0 aliphatic carbocycles. The highest BCUT2D eigenvalue weighted by Gasteiger charge is 2.19. The van der Waals surface area contributed by atoms with Crippen LogP contribution in [0.3, 0.4) is 0 Å². The Labute approximate surface area is 195 Å². The molecule has 0 saturated heterocycles. The average Bonchev–Trinajstić information content (AvgIpc) is 3.19. The van der Waals surface area contributed by atoms with E-state index in [-0.39, 0.29) is 0 Å². The number of aliphatic carboxylic acids is 1. The molecule has 1 heterocycles. The topological polar surface area (TPSA) is 74.3 Å². The fourth-order valence-electron chi connectivity index (χ4n) is 3.55. The number of halogens is 2. The summed E-state index contributed by atoms with van der Waals surface area (Å²) >= 11 is 12.1. The number of aromatic nitrogens is 1. The Morgan fingerprint density at radius 1 is 1.03 bits per heavy atom. The van der Waals surface area contributed by atoms with E-state index in [0.717, 1.165) is 27.6 Å². The van der Waals surface area contributed by atoms with Crippen molar-refractivity contribution in [3.05, 3.63) is 99.7 Å². The third kappa shape index (κ3) is 5.43. The first kappa shape index (κ1) is 22.2. The Morgan fingerprint density at radius 2 is 1.88 bits per heavy atom. The summed E-state index contributed by atoms with van der Waals surface area (Å²) in [5.41, 5.74) is 3.73. The summed E-state index contributed by atoms with van der Waals surface area (Å²) in [6.45, 7) is 0.712. The van der Waals surface area contributed by atoms with Gasteiger partial charge in [-0.2, -0.15) is 0 Å². The van der Waals surface area contributed by atoms with Gasteiger partial charge in [0.1, 0.15) is 18.4 Å². The van der Waals surface area contributed by atoms with Crippen LogP contribution in [0.1, 0.15) is 16.7 Å². The number of para-hydroxylation sites is 1. The number of carboxylic acids is 1. The number of H-pyrrole nitrogens is 1. The maximum atomic E-state index is 11.8. The lowest BCUT2D eigenvalue weighted by molar-refractivity contribution is -0.139. The number of hydrogen-bond donors (Lipinski definition) is 3. The van der Waals surface area contributed by atoms with Gasteiger partial charge in [0.15, 0.2) is 0 Å². The normalized spacial score (nSPS) is 12.1. The quantitative estimate of drug-likeness (QED) is 0.288. The monoisotopic (exact) mass is 468 g/mol. The third-order valence-electron chi connectivity index (χ3n) is 5.26. The van der Waals surface area contributed by atoms with Gasteiger partial charge in [-0.1, -0.05) is 59.6 Å². The molecule has 164 valence electrons. The maximum Gasteiger partial charge on any atom is 0.321 e. The SMILES string of the molecule is O=C(O)[C@H](Cc1c[nH]c2ccccc12)NCc1cccc(OCc2ccc(Cl)cc2Cl)c1. The number of aromatic amines is 1. The minimum Gasteiger partial charge on any atom is -0.489 e. The standard InChI is InChI=1S/C25H22Cl2N2O3/c26-19-9-8-17(22(27)12-19)15-32-20-5-3-4-16(10-20)13-28-24(25(30)31)11-18-14-29-23-7-2-1-6-21(18)23/h1-10,12,14,24,28-29H,11,13,15H2,(H,30,31)/t24-/m0/s1. The maximum absolute atomic E-state index is 11.8. The molecule has 0 fully saturated rings. The van der Waals surface area contributed by atoms with Gasteiger partial charge in [-0.3, -0.25) is 4.79 Å². The number of rotatable bonds is 9. The van der Waals surface area contributed by atoms with Crippen molar-refractivity contribution in [2.75, 3.05) is 0 Å². The number of nitrogens with one attached hydrogen (secondary N) is 2. The molecule has 0 amide bonds. The largest absolute Gasteiger partial charge is 0.489 e. The van der Waals surface area contributed by atoms with Gasteiger partial charge in [0.2, 0.25) is 0 Å². The number of hydrogen-bond acceptors (Lipinski definition) is 3. The number of carboxylic acid groups (broad SMARTS) is 1. The van der Waals surface area contributed by atoms with Gasteiger partial charge >= 0.3 is 5.97 Å². The van der Waals surface area contributed by atoms with Crippen molar-refractivity contribution in [1.29, 1.82) is 0 Å². The van der Waals surface area contributed by atoms with Crippen LogP contribution in [0.25, 0.3) is 10.9 Å². The lowest BCUT2D eigenvalue weighted by Crippen LogP contribution is -2.38. The zero-order valence-corrected chi connectivity index (χ0v) is 18.7. The van der Waals surface area contributed by atoms with Crippen LogP contribution in [0, 0.1) is 0 Å². The summed E-state index contributed by atoms with van der Waals surface area (Å²) in [7, 11) is 0. The first-order valence-electron chi connectivity index (χ1n) is 10.2. The second-order valence-corrected chi connectivity index (χ2v) is 8.35. The Balaban J connectivity index is 1.39. The zero-order valence-electron chi connectivity index (χ0n) is 17.1. The van der Waals surface area contributed by atoms with Gasteiger partial charge in [-0.05, 0) is 41.5 Å². The minimum atomic E-state index is -0.889. The third-order valence-corrected chi connectivity index (χ3v) is 5.84. The zero-order chi connectivity index (χ0) is 22.5. The van der Waals surface area contributed by atoms with Gasteiger partial charge in [0, 0.05) is 45.7 Å². The molecule has 0 unspecified atom stereocenters. The fourth-order valence-corrected chi connectivity index (χ4v) is 4.02. The molecular formula is C25H22Cl2N2O3. The molecule has 32 heavy (non-hydrogen) atoms. The second kappa shape index (κ2) is 10.1. The van der Waals surface area contributed by atoms with E-state index in [1.165, 1.54) is 0 Å². The van der Waals surface area contributed by atoms with Crippen molar-refractivity contribution in [2.24, 2.45) is 0 Å². The van der Waals surface area contributed by atoms with Crippen LogP contribution in [-0.2, 0) is 24.4 Å². The van der Waals surface area contributed by atoms with Crippen LogP contribution in [0.15, 0.2) is 72.9 Å². The van der Waals surface area contributed by atoms with E-state index in [0.29, 0.717) is 35.4 Å². The number of benzene rings is 3.